The van der Waals surface area contributed by atoms with Crippen molar-refractivity contribution in [3.63, 3.8) is 0 Å². The maximum Gasteiger partial charge on any atom is 0.244 e. The van der Waals surface area contributed by atoms with Crippen molar-refractivity contribution in [3.05, 3.63) is 54.1 Å². The summed E-state index contributed by atoms with van der Waals surface area (Å²) in [4.78, 5) is 17.2. The summed E-state index contributed by atoms with van der Waals surface area (Å²) in [5.74, 6) is 1.73. The van der Waals surface area contributed by atoms with Crippen LogP contribution in [0.1, 0.15) is 12.0 Å². The minimum absolute atomic E-state index is 0.0724. The first-order valence-corrected chi connectivity index (χ1v) is 8.56. The first kappa shape index (κ1) is 16.0. The molecule has 130 valence electrons. The molecule has 2 aliphatic rings. The first-order chi connectivity index (χ1) is 12.2. The third-order valence-electron chi connectivity index (χ3n) is 5.01. The molecule has 1 fully saturated rings. The van der Waals surface area contributed by atoms with Crippen molar-refractivity contribution < 1.29 is 14.3 Å². The zero-order valence-corrected chi connectivity index (χ0v) is 14.5. The molecule has 0 unspecified atom stereocenters. The van der Waals surface area contributed by atoms with Crippen LogP contribution in [-0.2, 0) is 11.3 Å². The maximum absolute atomic E-state index is 13.3. The minimum Gasteiger partial charge on any atom is -0.497 e. The second kappa shape index (κ2) is 6.41. The van der Waals surface area contributed by atoms with Crippen LogP contribution in [0.3, 0.4) is 0 Å². The van der Waals surface area contributed by atoms with E-state index in [1.54, 1.807) is 7.11 Å². The van der Waals surface area contributed by atoms with E-state index >= 15 is 0 Å². The number of rotatable bonds is 3. The summed E-state index contributed by atoms with van der Waals surface area (Å²) in [5.41, 5.74) is 1.90. The summed E-state index contributed by atoms with van der Waals surface area (Å²) < 4.78 is 11.4. The normalized spacial score (nSPS) is 22.8. The Balaban J connectivity index is 1.71. The number of methoxy groups -OCH3 is 1. The number of likely N-dealkylation sites (tertiary alicyclic amines) is 1. The topological polar surface area (TPSA) is 42.0 Å². The van der Waals surface area contributed by atoms with Gasteiger partial charge in [0.15, 0.2) is 0 Å². The fourth-order valence-corrected chi connectivity index (χ4v) is 3.66. The highest BCUT2D eigenvalue weighted by Gasteiger charge is 2.41. The van der Waals surface area contributed by atoms with Gasteiger partial charge in [0.25, 0.3) is 0 Å². The molecule has 1 saturated heterocycles. The molecule has 0 radical (unpaired) electrons. The molecule has 0 spiro atoms. The summed E-state index contributed by atoms with van der Waals surface area (Å²) in [6.45, 7) is 1.29. The van der Waals surface area contributed by atoms with Gasteiger partial charge in [0, 0.05) is 13.0 Å². The highest BCUT2D eigenvalue weighted by molar-refractivity contribution is 5.99. The average Bonchev–Trinajstić information content (AvgIpc) is 3.01. The van der Waals surface area contributed by atoms with E-state index in [2.05, 4.69) is 4.90 Å². The second-order valence-corrected chi connectivity index (χ2v) is 6.67. The molecule has 25 heavy (non-hydrogen) atoms. The number of amides is 1. The van der Waals surface area contributed by atoms with Crippen LogP contribution in [0.5, 0.6) is 11.5 Å². The second-order valence-electron chi connectivity index (χ2n) is 6.67. The van der Waals surface area contributed by atoms with E-state index in [1.807, 2.05) is 60.5 Å². The molecule has 5 heteroatoms. The summed E-state index contributed by atoms with van der Waals surface area (Å²) >= 11 is 0. The van der Waals surface area contributed by atoms with Crippen molar-refractivity contribution in [3.8, 4) is 11.5 Å². The number of hydrogen-bond donors (Lipinski definition) is 0. The predicted molar refractivity (Wildman–Crippen MR) is 96.1 cm³/mol. The van der Waals surface area contributed by atoms with Crippen molar-refractivity contribution >= 4 is 11.6 Å². The van der Waals surface area contributed by atoms with E-state index in [1.165, 1.54) is 0 Å². The lowest BCUT2D eigenvalue weighted by atomic mass is 10.1. The molecule has 2 heterocycles. The van der Waals surface area contributed by atoms with E-state index in [0.717, 1.165) is 35.7 Å². The Hall–Kier alpha value is -2.53. The Morgan fingerprint density at radius 3 is 2.68 bits per heavy atom. The van der Waals surface area contributed by atoms with Crippen LogP contribution < -0.4 is 14.4 Å². The Labute approximate surface area is 147 Å². The molecule has 2 atom stereocenters. The van der Waals surface area contributed by atoms with Crippen LogP contribution in [0.25, 0.3) is 0 Å². The van der Waals surface area contributed by atoms with E-state index in [-0.39, 0.29) is 18.1 Å². The minimum atomic E-state index is -0.128. The third kappa shape index (κ3) is 2.96. The molecular formula is C20H22N2O3. The molecule has 2 aliphatic heterocycles. The molecule has 0 aliphatic carbocycles. The monoisotopic (exact) mass is 338 g/mol. The van der Waals surface area contributed by atoms with Crippen LogP contribution in [-0.4, -0.2) is 43.7 Å². The molecule has 2 aromatic carbocycles. The Bertz CT molecular complexity index is 775. The van der Waals surface area contributed by atoms with Gasteiger partial charge in [-0.1, -0.05) is 24.3 Å². The maximum atomic E-state index is 13.3. The highest BCUT2D eigenvalue weighted by atomic mass is 16.5. The Morgan fingerprint density at radius 2 is 1.92 bits per heavy atom. The smallest absolute Gasteiger partial charge is 0.244 e. The number of carbonyl (C=O) groups excluding carboxylic acids is 1. The lowest BCUT2D eigenvalue weighted by molar-refractivity contribution is -0.122. The van der Waals surface area contributed by atoms with Crippen molar-refractivity contribution in [2.75, 3.05) is 25.6 Å². The Morgan fingerprint density at radius 1 is 1.16 bits per heavy atom. The molecule has 2 aromatic rings. The number of anilines is 1. The summed E-state index contributed by atoms with van der Waals surface area (Å²) in [5, 5.41) is 0. The molecular weight excluding hydrogens is 316 g/mol. The predicted octanol–water partition coefficient (Wildman–Crippen LogP) is 2.69. The van der Waals surface area contributed by atoms with Crippen LogP contribution >= 0.6 is 0 Å². The molecule has 0 aromatic heterocycles. The van der Waals surface area contributed by atoms with Gasteiger partial charge in [0.1, 0.15) is 17.6 Å². The summed E-state index contributed by atoms with van der Waals surface area (Å²) in [6, 6.07) is 15.5. The standard InChI is InChI=1S/C20H22N2O3/c1-21-13-16-11-18(21)20(23)22(17-5-3-4-6-19(17)25-16)12-14-7-9-15(24-2)10-8-14/h3-10,16,18H,11-13H2,1-2H3/t16-,18-/m0/s1. The van der Waals surface area contributed by atoms with Crippen molar-refractivity contribution in [1.29, 1.82) is 0 Å². The molecule has 2 bridgehead atoms. The summed E-state index contributed by atoms with van der Waals surface area (Å²) in [7, 11) is 3.64. The van der Waals surface area contributed by atoms with E-state index in [4.69, 9.17) is 9.47 Å². The molecule has 4 rings (SSSR count). The lowest BCUT2D eigenvalue weighted by Gasteiger charge is -2.31. The molecule has 1 amide bonds. The Kier molecular flexibility index (Phi) is 4.09. The van der Waals surface area contributed by atoms with Crippen molar-refractivity contribution in [2.24, 2.45) is 0 Å². The third-order valence-corrected chi connectivity index (χ3v) is 5.01. The van der Waals surface area contributed by atoms with Gasteiger partial charge in [-0.3, -0.25) is 9.69 Å². The van der Waals surface area contributed by atoms with Gasteiger partial charge in [0.2, 0.25) is 5.91 Å². The number of hydrogen-bond acceptors (Lipinski definition) is 4. The summed E-state index contributed by atoms with van der Waals surface area (Å²) in [6.07, 6.45) is 0.811. The van der Waals surface area contributed by atoms with Crippen LogP contribution in [0.4, 0.5) is 5.69 Å². The SMILES string of the molecule is COc1ccc(CN2C(=O)[C@@H]3C[C@@H](CN3C)Oc3ccccc32)cc1. The van der Waals surface area contributed by atoms with Crippen LogP contribution in [0.2, 0.25) is 0 Å². The van der Waals surface area contributed by atoms with Gasteiger partial charge in [-0.25, -0.2) is 0 Å². The van der Waals surface area contributed by atoms with Crippen LogP contribution in [0.15, 0.2) is 48.5 Å². The highest BCUT2D eigenvalue weighted by Crippen LogP contribution is 2.36. The number of nitrogens with zero attached hydrogens (tertiary/aromatic N) is 2. The zero-order valence-electron chi connectivity index (χ0n) is 14.5. The largest absolute Gasteiger partial charge is 0.497 e. The van der Waals surface area contributed by atoms with E-state index in [0.29, 0.717) is 6.54 Å². The quantitative estimate of drug-likeness (QED) is 0.863. The average molecular weight is 338 g/mol. The number of benzene rings is 2. The van der Waals surface area contributed by atoms with Gasteiger partial charge in [-0.15, -0.1) is 0 Å². The number of para-hydroxylation sites is 2. The van der Waals surface area contributed by atoms with Gasteiger partial charge < -0.3 is 14.4 Å². The fraction of sp³-hybridized carbons (Fsp3) is 0.350. The lowest BCUT2D eigenvalue weighted by Crippen LogP contribution is -2.44. The van der Waals surface area contributed by atoms with E-state index in [9.17, 15) is 4.79 Å². The molecule has 0 N–H and O–H groups in total. The number of ether oxygens (including phenoxy) is 2. The molecule has 5 nitrogen and oxygen atoms in total. The van der Waals surface area contributed by atoms with Gasteiger partial charge in [-0.2, -0.15) is 0 Å². The van der Waals surface area contributed by atoms with Gasteiger partial charge in [0.05, 0.1) is 25.4 Å². The number of carbonyl (C=O) groups is 1. The zero-order chi connectivity index (χ0) is 17.4. The van der Waals surface area contributed by atoms with Gasteiger partial charge in [-0.05, 0) is 36.9 Å². The first-order valence-electron chi connectivity index (χ1n) is 8.56. The van der Waals surface area contributed by atoms with Gasteiger partial charge >= 0.3 is 0 Å². The number of fused-ring (bicyclic) bond motifs is 3. The van der Waals surface area contributed by atoms with Crippen molar-refractivity contribution in [2.45, 2.75) is 25.1 Å². The van der Waals surface area contributed by atoms with Crippen LogP contribution in [0, 0.1) is 0 Å². The van der Waals surface area contributed by atoms with E-state index < -0.39 is 0 Å². The number of likely N-dealkylation sites (N-methyl/N-ethyl adjacent to an activating group) is 1. The van der Waals surface area contributed by atoms with Crippen molar-refractivity contribution in [1.82, 2.24) is 4.90 Å². The fourth-order valence-electron chi connectivity index (χ4n) is 3.66. The molecule has 0 saturated carbocycles.